The first-order chi connectivity index (χ1) is 11.7. The van der Waals surface area contributed by atoms with Gasteiger partial charge in [0.1, 0.15) is 5.60 Å². The molecule has 0 aromatic rings. The molecule has 2 rings (SSSR count). The topological polar surface area (TPSA) is 95.9 Å². The van der Waals surface area contributed by atoms with Gasteiger partial charge >= 0.3 is 12.1 Å². The number of carbonyl (C=O) groups excluding carboxylic acids is 2. The Bertz CT molecular complexity index is 506. The standard InChI is InChI=1S/C18H30N2O5/c1-18(2,3)25-17(24)20-9-7-12(8-10-20)5-4-6-15(21)19-14-11-13(14)16(22)23/h12-14H,4-11H2,1-3H3,(H,19,21)(H,22,23)/t13-,14-/m1/s1. The van der Waals surface area contributed by atoms with Gasteiger partial charge < -0.3 is 20.1 Å². The third-order valence-corrected chi connectivity index (χ3v) is 4.74. The molecule has 142 valence electrons. The minimum atomic E-state index is -0.831. The second kappa shape index (κ2) is 8.06. The van der Waals surface area contributed by atoms with Crippen molar-refractivity contribution in [3.8, 4) is 0 Å². The van der Waals surface area contributed by atoms with Crippen molar-refractivity contribution in [1.29, 1.82) is 0 Å². The number of carboxylic acids is 1. The van der Waals surface area contributed by atoms with Gasteiger partial charge in [-0.3, -0.25) is 9.59 Å². The van der Waals surface area contributed by atoms with Crippen molar-refractivity contribution in [2.24, 2.45) is 11.8 Å². The maximum atomic E-state index is 12.0. The Kier molecular flexibility index (Phi) is 6.30. The summed E-state index contributed by atoms with van der Waals surface area (Å²) >= 11 is 0. The molecule has 2 atom stereocenters. The monoisotopic (exact) mass is 354 g/mol. The van der Waals surface area contributed by atoms with E-state index in [1.807, 2.05) is 20.8 Å². The van der Waals surface area contributed by atoms with E-state index in [0.29, 0.717) is 31.8 Å². The summed E-state index contributed by atoms with van der Waals surface area (Å²) in [6.07, 6.45) is 4.37. The van der Waals surface area contributed by atoms with Crippen LogP contribution in [0.3, 0.4) is 0 Å². The first-order valence-electron chi connectivity index (χ1n) is 9.16. The predicted molar refractivity (Wildman–Crippen MR) is 92.1 cm³/mol. The Morgan fingerprint density at radius 2 is 1.84 bits per heavy atom. The minimum absolute atomic E-state index is 0.0556. The van der Waals surface area contributed by atoms with Crippen molar-refractivity contribution in [2.45, 2.75) is 70.9 Å². The van der Waals surface area contributed by atoms with Crippen molar-refractivity contribution in [3.05, 3.63) is 0 Å². The van der Waals surface area contributed by atoms with Gasteiger partial charge in [0.25, 0.3) is 0 Å². The minimum Gasteiger partial charge on any atom is -0.481 e. The van der Waals surface area contributed by atoms with Gasteiger partial charge in [0.05, 0.1) is 5.92 Å². The van der Waals surface area contributed by atoms with Crippen LogP contribution in [0.4, 0.5) is 4.79 Å². The number of rotatable bonds is 6. The summed E-state index contributed by atoms with van der Waals surface area (Å²) in [5.41, 5.74) is -0.470. The molecule has 1 aliphatic carbocycles. The normalized spacial score (nSPS) is 23.9. The number of hydrogen-bond acceptors (Lipinski definition) is 4. The molecule has 0 radical (unpaired) electrons. The number of nitrogens with zero attached hydrogens (tertiary/aromatic N) is 1. The molecule has 2 fully saturated rings. The molecule has 0 unspecified atom stereocenters. The molecule has 2 amide bonds. The van der Waals surface area contributed by atoms with Gasteiger partial charge in [-0.2, -0.15) is 0 Å². The SMILES string of the molecule is CC(C)(C)OC(=O)N1CCC(CCCC(=O)N[C@@H]2C[C@H]2C(=O)O)CC1. The van der Waals surface area contributed by atoms with Crippen molar-refractivity contribution < 1.29 is 24.2 Å². The van der Waals surface area contributed by atoms with Crippen LogP contribution in [0.15, 0.2) is 0 Å². The van der Waals surface area contributed by atoms with E-state index >= 15 is 0 Å². The molecular formula is C18H30N2O5. The number of piperidine rings is 1. The van der Waals surface area contributed by atoms with Gasteiger partial charge in [0.2, 0.25) is 5.91 Å². The molecule has 1 heterocycles. The molecule has 0 aromatic carbocycles. The molecule has 0 aromatic heterocycles. The molecule has 0 spiro atoms. The zero-order valence-electron chi connectivity index (χ0n) is 15.4. The van der Waals surface area contributed by atoms with E-state index in [2.05, 4.69) is 5.32 Å². The smallest absolute Gasteiger partial charge is 0.410 e. The summed E-state index contributed by atoms with van der Waals surface area (Å²) in [4.78, 5) is 36.3. The Labute approximate surface area is 149 Å². The van der Waals surface area contributed by atoms with E-state index < -0.39 is 17.5 Å². The zero-order chi connectivity index (χ0) is 18.6. The van der Waals surface area contributed by atoms with Crippen molar-refractivity contribution >= 4 is 18.0 Å². The second-order valence-electron chi connectivity index (χ2n) is 8.16. The van der Waals surface area contributed by atoms with Gasteiger partial charge in [0, 0.05) is 25.6 Å². The van der Waals surface area contributed by atoms with Crippen LogP contribution in [0.5, 0.6) is 0 Å². The van der Waals surface area contributed by atoms with Gasteiger partial charge in [0.15, 0.2) is 0 Å². The number of hydrogen-bond donors (Lipinski definition) is 2. The lowest BCUT2D eigenvalue weighted by molar-refractivity contribution is -0.138. The summed E-state index contributed by atoms with van der Waals surface area (Å²) in [6, 6.07) is -0.179. The van der Waals surface area contributed by atoms with Crippen molar-refractivity contribution in [1.82, 2.24) is 10.2 Å². The molecule has 1 saturated carbocycles. The number of carbonyl (C=O) groups is 3. The summed E-state index contributed by atoms with van der Waals surface area (Å²) < 4.78 is 5.39. The lowest BCUT2D eigenvalue weighted by Gasteiger charge is -2.33. The predicted octanol–water partition coefficient (Wildman–Crippen LogP) is 2.39. The first-order valence-corrected chi connectivity index (χ1v) is 9.16. The Hall–Kier alpha value is -1.79. The fourth-order valence-electron chi connectivity index (χ4n) is 3.19. The van der Waals surface area contributed by atoms with Crippen LogP contribution >= 0.6 is 0 Å². The first kappa shape index (κ1) is 19.5. The number of likely N-dealkylation sites (tertiary alicyclic amines) is 1. The van der Waals surface area contributed by atoms with Gasteiger partial charge in [-0.25, -0.2) is 4.79 Å². The molecule has 0 bridgehead atoms. The van der Waals surface area contributed by atoms with Gasteiger partial charge in [-0.15, -0.1) is 0 Å². The zero-order valence-corrected chi connectivity index (χ0v) is 15.4. The van der Waals surface area contributed by atoms with Crippen LogP contribution in [0.25, 0.3) is 0 Å². The lowest BCUT2D eigenvalue weighted by atomic mass is 9.91. The average Bonchev–Trinajstić information content (AvgIpc) is 3.25. The van der Waals surface area contributed by atoms with Crippen LogP contribution in [0, 0.1) is 11.8 Å². The van der Waals surface area contributed by atoms with E-state index in [9.17, 15) is 14.4 Å². The summed E-state index contributed by atoms with van der Waals surface area (Å²) in [5, 5.41) is 11.6. The quantitative estimate of drug-likeness (QED) is 0.763. The van der Waals surface area contributed by atoms with E-state index in [4.69, 9.17) is 9.84 Å². The molecular weight excluding hydrogens is 324 g/mol. The van der Waals surface area contributed by atoms with Crippen molar-refractivity contribution in [2.75, 3.05) is 13.1 Å². The van der Waals surface area contributed by atoms with Crippen LogP contribution in [0.1, 0.15) is 59.3 Å². The number of amides is 2. The van der Waals surface area contributed by atoms with E-state index in [1.165, 1.54) is 0 Å². The Morgan fingerprint density at radius 1 is 1.20 bits per heavy atom. The third-order valence-electron chi connectivity index (χ3n) is 4.74. The Morgan fingerprint density at radius 3 is 2.36 bits per heavy atom. The highest BCUT2D eigenvalue weighted by molar-refractivity contribution is 5.80. The largest absolute Gasteiger partial charge is 0.481 e. The fraction of sp³-hybridized carbons (Fsp3) is 0.833. The average molecular weight is 354 g/mol. The molecule has 2 N–H and O–H groups in total. The third kappa shape index (κ3) is 6.55. The maximum absolute atomic E-state index is 12.0. The molecule has 2 aliphatic rings. The van der Waals surface area contributed by atoms with Gasteiger partial charge in [-0.1, -0.05) is 0 Å². The van der Waals surface area contributed by atoms with E-state index in [0.717, 1.165) is 25.7 Å². The number of ether oxygens (including phenoxy) is 1. The van der Waals surface area contributed by atoms with Gasteiger partial charge in [-0.05, 0) is 58.8 Å². The highest BCUT2D eigenvalue weighted by atomic mass is 16.6. The molecule has 1 saturated heterocycles. The van der Waals surface area contributed by atoms with Crippen LogP contribution in [0.2, 0.25) is 0 Å². The van der Waals surface area contributed by atoms with E-state index in [-0.39, 0.29) is 18.0 Å². The maximum Gasteiger partial charge on any atom is 0.410 e. The summed E-state index contributed by atoms with van der Waals surface area (Å²) in [5.74, 6) is -0.762. The molecule has 7 nitrogen and oxygen atoms in total. The van der Waals surface area contributed by atoms with Crippen LogP contribution < -0.4 is 5.32 Å². The summed E-state index contributed by atoms with van der Waals surface area (Å²) in [6.45, 7) is 7.00. The number of nitrogens with one attached hydrogen (secondary N) is 1. The second-order valence-corrected chi connectivity index (χ2v) is 8.16. The fourth-order valence-corrected chi connectivity index (χ4v) is 3.19. The molecule has 7 heteroatoms. The summed E-state index contributed by atoms with van der Waals surface area (Å²) in [7, 11) is 0. The van der Waals surface area contributed by atoms with E-state index in [1.54, 1.807) is 4.90 Å². The highest BCUT2D eigenvalue weighted by Crippen LogP contribution is 2.30. The number of aliphatic carboxylic acids is 1. The lowest BCUT2D eigenvalue weighted by Crippen LogP contribution is -2.41. The number of carboxylic acid groups (broad SMARTS) is 1. The molecule has 25 heavy (non-hydrogen) atoms. The Balaban J connectivity index is 1.57. The van der Waals surface area contributed by atoms with Crippen LogP contribution in [-0.4, -0.2) is 52.7 Å². The highest BCUT2D eigenvalue weighted by Gasteiger charge is 2.44. The molecule has 1 aliphatic heterocycles. The van der Waals surface area contributed by atoms with Crippen molar-refractivity contribution in [3.63, 3.8) is 0 Å². The van der Waals surface area contributed by atoms with Crippen LogP contribution in [-0.2, 0) is 14.3 Å².